The van der Waals surface area contributed by atoms with Gasteiger partial charge in [-0.25, -0.2) is 0 Å². The third-order valence-corrected chi connectivity index (χ3v) is 6.45. The highest BCUT2D eigenvalue weighted by Gasteiger charge is 2.41. The highest BCUT2D eigenvalue weighted by atomic mass is 16.3. The normalized spacial score (nSPS) is 16.7. The number of benzene rings is 2. The molecule has 0 spiro atoms. The Morgan fingerprint density at radius 2 is 1.03 bits per heavy atom. The van der Waals surface area contributed by atoms with Gasteiger partial charge >= 0.3 is 0 Å². The number of carbonyl (C=O) groups excluding carboxylic acids is 5. The number of hydrogen-bond acceptors (Lipinski definition) is 7. The molecule has 0 bridgehead atoms. The first kappa shape index (κ1) is 23.5. The molecule has 0 saturated carbocycles. The van der Waals surface area contributed by atoms with Crippen LogP contribution in [0, 0.1) is 0 Å². The van der Waals surface area contributed by atoms with Gasteiger partial charge in [-0.15, -0.1) is 0 Å². The number of carbonyl (C=O) groups is 5. The molecule has 2 N–H and O–H groups in total. The quantitative estimate of drug-likeness (QED) is 0.448. The van der Waals surface area contributed by atoms with Crippen LogP contribution in [-0.4, -0.2) is 74.7 Å². The zero-order chi connectivity index (χ0) is 24.7. The molecule has 0 fully saturated rings. The van der Waals surface area contributed by atoms with Gasteiger partial charge in [-0.05, 0) is 37.1 Å². The van der Waals surface area contributed by atoms with E-state index in [0.717, 1.165) is 9.80 Å². The number of hydrogen-bond donors (Lipinski definition) is 2. The average molecular weight is 464 g/mol. The molecular formula is C25H24N2O7. The predicted octanol–water partition coefficient (Wildman–Crippen LogP) is 1.65. The van der Waals surface area contributed by atoms with Gasteiger partial charge in [0.1, 0.15) is 0 Å². The summed E-state index contributed by atoms with van der Waals surface area (Å²) in [5, 5.41) is 19.0. The first-order valence-electron chi connectivity index (χ1n) is 11.1. The highest BCUT2D eigenvalue weighted by molar-refractivity contribution is 6.24. The molecule has 2 atom stereocenters. The van der Waals surface area contributed by atoms with Gasteiger partial charge in [0.05, 0.1) is 47.6 Å². The summed E-state index contributed by atoms with van der Waals surface area (Å²) in [6.45, 7) is 2.79. The van der Waals surface area contributed by atoms with Crippen molar-refractivity contribution in [2.24, 2.45) is 0 Å². The standard InChI is InChI=1S/C25H24N2O7/c1-3-15(11-28)26-22(31)17-7-5-13(9-19(17)24(26)33)21(30)14-6-8-18-20(10-14)25(34)27(23(18)32)16(4-2)12-29/h5-10,15-16,28-29H,3-4,11-12H2,1-2H3. The minimum atomic E-state index is -0.652. The van der Waals surface area contributed by atoms with Crippen molar-refractivity contribution in [3.63, 3.8) is 0 Å². The van der Waals surface area contributed by atoms with Crippen LogP contribution in [0.15, 0.2) is 36.4 Å². The molecule has 176 valence electrons. The highest BCUT2D eigenvalue weighted by Crippen LogP contribution is 2.30. The SMILES string of the molecule is CCC(CO)N1C(=O)c2ccc(C(=O)c3ccc4c(c3)C(=O)N(C(CC)CO)C4=O)cc2C1=O. The summed E-state index contributed by atoms with van der Waals surface area (Å²) in [5.41, 5.74) is 0.773. The fourth-order valence-corrected chi connectivity index (χ4v) is 4.42. The number of aliphatic hydroxyl groups excluding tert-OH is 2. The Labute approximate surface area is 195 Å². The molecule has 2 aromatic rings. The molecule has 0 saturated heterocycles. The minimum absolute atomic E-state index is 0.0788. The third-order valence-electron chi connectivity index (χ3n) is 6.45. The summed E-state index contributed by atoms with van der Waals surface area (Å²) >= 11 is 0. The summed E-state index contributed by atoms with van der Waals surface area (Å²) < 4.78 is 0. The summed E-state index contributed by atoms with van der Waals surface area (Å²) in [6.07, 6.45) is 0.781. The van der Waals surface area contributed by atoms with Crippen LogP contribution in [0.5, 0.6) is 0 Å². The molecule has 4 amide bonds. The van der Waals surface area contributed by atoms with Crippen LogP contribution in [0.25, 0.3) is 0 Å². The molecule has 2 aliphatic heterocycles. The van der Waals surface area contributed by atoms with E-state index in [1.54, 1.807) is 13.8 Å². The molecule has 9 heteroatoms. The zero-order valence-electron chi connectivity index (χ0n) is 18.8. The second kappa shape index (κ2) is 8.92. The van der Waals surface area contributed by atoms with Crippen molar-refractivity contribution in [2.45, 2.75) is 38.8 Å². The Morgan fingerprint density at radius 1 is 0.676 bits per heavy atom. The second-order valence-corrected chi connectivity index (χ2v) is 8.30. The van der Waals surface area contributed by atoms with Crippen LogP contribution in [0.1, 0.15) is 84.0 Å². The number of fused-ring (bicyclic) bond motifs is 2. The van der Waals surface area contributed by atoms with Gasteiger partial charge in [0, 0.05) is 11.1 Å². The fraction of sp³-hybridized carbons (Fsp3) is 0.320. The predicted molar refractivity (Wildman–Crippen MR) is 120 cm³/mol. The first-order valence-corrected chi connectivity index (χ1v) is 11.1. The maximum atomic E-state index is 13.2. The van der Waals surface area contributed by atoms with Crippen molar-refractivity contribution in [3.05, 3.63) is 69.8 Å². The molecule has 2 aliphatic rings. The van der Waals surface area contributed by atoms with Crippen LogP contribution in [0.4, 0.5) is 0 Å². The van der Waals surface area contributed by atoms with E-state index >= 15 is 0 Å². The molecule has 9 nitrogen and oxygen atoms in total. The third kappa shape index (κ3) is 3.44. The largest absolute Gasteiger partial charge is 0.394 e. The lowest BCUT2D eigenvalue weighted by atomic mass is 9.96. The molecule has 0 aromatic heterocycles. The lowest BCUT2D eigenvalue weighted by Crippen LogP contribution is -2.41. The van der Waals surface area contributed by atoms with Crippen molar-refractivity contribution in [2.75, 3.05) is 13.2 Å². The van der Waals surface area contributed by atoms with Crippen molar-refractivity contribution in [1.82, 2.24) is 9.80 Å². The first-order chi connectivity index (χ1) is 16.3. The molecule has 2 heterocycles. The van der Waals surface area contributed by atoms with Gasteiger partial charge in [0.25, 0.3) is 23.6 Å². The summed E-state index contributed by atoms with van der Waals surface area (Å²) in [6, 6.07) is 7.05. The molecule has 0 aliphatic carbocycles. The van der Waals surface area contributed by atoms with E-state index in [-0.39, 0.29) is 46.6 Å². The Bertz CT molecular complexity index is 1130. The molecule has 2 unspecified atom stereocenters. The molecular weight excluding hydrogens is 440 g/mol. The van der Waals surface area contributed by atoms with Crippen LogP contribution in [0.3, 0.4) is 0 Å². The lowest BCUT2D eigenvalue weighted by molar-refractivity contribution is 0.0499. The van der Waals surface area contributed by atoms with E-state index in [4.69, 9.17) is 0 Å². The number of ketones is 1. The van der Waals surface area contributed by atoms with Gasteiger partial charge in [-0.1, -0.05) is 26.0 Å². The van der Waals surface area contributed by atoms with Crippen molar-refractivity contribution in [1.29, 1.82) is 0 Å². The smallest absolute Gasteiger partial charge is 0.261 e. The molecule has 4 rings (SSSR count). The van der Waals surface area contributed by atoms with Gasteiger partial charge < -0.3 is 10.2 Å². The minimum Gasteiger partial charge on any atom is -0.394 e. The maximum absolute atomic E-state index is 13.2. The van der Waals surface area contributed by atoms with Crippen LogP contribution >= 0.6 is 0 Å². The van der Waals surface area contributed by atoms with E-state index in [2.05, 4.69) is 0 Å². The van der Waals surface area contributed by atoms with E-state index in [9.17, 15) is 34.2 Å². The van der Waals surface area contributed by atoms with E-state index in [1.807, 2.05) is 0 Å². The number of amides is 4. The van der Waals surface area contributed by atoms with E-state index in [0.29, 0.717) is 12.8 Å². The molecule has 34 heavy (non-hydrogen) atoms. The Morgan fingerprint density at radius 3 is 1.35 bits per heavy atom. The summed E-state index contributed by atoms with van der Waals surface area (Å²) in [4.78, 5) is 66.2. The number of imide groups is 2. The van der Waals surface area contributed by atoms with Crippen molar-refractivity contribution < 1.29 is 34.2 Å². The zero-order valence-corrected chi connectivity index (χ0v) is 18.8. The number of aliphatic hydroxyl groups is 2. The topological polar surface area (TPSA) is 132 Å². The summed E-state index contributed by atoms with van der Waals surface area (Å²) in [5.74, 6) is -2.66. The van der Waals surface area contributed by atoms with Crippen molar-refractivity contribution in [3.8, 4) is 0 Å². The van der Waals surface area contributed by atoms with Gasteiger partial charge in [-0.2, -0.15) is 0 Å². The monoisotopic (exact) mass is 464 g/mol. The van der Waals surface area contributed by atoms with Gasteiger partial charge in [0.15, 0.2) is 5.78 Å². The van der Waals surface area contributed by atoms with E-state index in [1.165, 1.54) is 36.4 Å². The second-order valence-electron chi connectivity index (χ2n) is 8.30. The van der Waals surface area contributed by atoms with Crippen LogP contribution in [0.2, 0.25) is 0 Å². The van der Waals surface area contributed by atoms with E-state index < -0.39 is 41.5 Å². The fourth-order valence-electron chi connectivity index (χ4n) is 4.42. The van der Waals surface area contributed by atoms with Gasteiger partial charge in [0.2, 0.25) is 0 Å². The number of nitrogens with zero attached hydrogens (tertiary/aromatic N) is 2. The number of rotatable bonds is 8. The molecule has 0 radical (unpaired) electrons. The molecule has 2 aromatic carbocycles. The van der Waals surface area contributed by atoms with Crippen LogP contribution in [-0.2, 0) is 0 Å². The van der Waals surface area contributed by atoms with Crippen molar-refractivity contribution >= 4 is 29.4 Å². The maximum Gasteiger partial charge on any atom is 0.261 e. The Balaban J connectivity index is 1.66. The Hall–Kier alpha value is -3.69. The van der Waals surface area contributed by atoms with Gasteiger partial charge in [-0.3, -0.25) is 33.8 Å². The van der Waals surface area contributed by atoms with Crippen LogP contribution < -0.4 is 0 Å². The Kier molecular flexibility index (Phi) is 6.16. The average Bonchev–Trinajstić information content (AvgIpc) is 3.25. The lowest BCUT2D eigenvalue weighted by Gasteiger charge is -2.22. The summed E-state index contributed by atoms with van der Waals surface area (Å²) in [7, 11) is 0.